The number of nitrogens with zero attached hydrogens (tertiary/aromatic N) is 1. The van der Waals surface area contributed by atoms with Gasteiger partial charge in [-0.15, -0.1) is 11.8 Å². The van der Waals surface area contributed by atoms with Gasteiger partial charge in [-0.25, -0.2) is 0 Å². The molecule has 2 fully saturated rings. The molecule has 0 aromatic heterocycles. The molecule has 1 aromatic rings. The summed E-state index contributed by atoms with van der Waals surface area (Å²) < 4.78 is 5.58. The molecule has 0 spiro atoms. The van der Waals surface area contributed by atoms with Gasteiger partial charge in [0.2, 0.25) is 5.91 Å². The highest BCUT2D eigenvalue weighted by Gasteiger charge is 2.50. The lowest BCUT2D eigenvalue weighted by Gasteiger charge is -2.30. The van der Waals surface area contributed by atoms with Crippen molar-refractivity contribution in [3.63, 3.8) is 0 Å². The van der Waals surface area contributed by atoms with Crippen molar-refractivity contribution >= 4 is 23.4 Å². The van der Waals surface area contributed by atoms with E-state index in [1.165, 1.54) is 11.8 Å². The van der Waals surface area contributed by atoms with Crippen molar-refractivity contribution in [3.8, 4) is 0 Å². The number of amides is 1. The number of carbonyl (C=O) groups is 1. The van der Waals surface area contributed by atoms with Crippen LogP contribution in [-0.4, -0.2) is 63.4 Å². The van der Waals surface area contributed by atoms with Crippen LogP contribution in [0.5, 0.6) is 0 Å². The predicted molar refractivity (Wildman–Crippen MR) is 82.7 cm³/mol. The van der Waals surface area contributed by atoms with Crippen molar-refractivity contribution in [2.24, 2.45) is 0 Å². The molecule has 7 heteroatoms. The van der Waals surface area contributed by atoms with Crippen LogP contribution in [0.15, 0.2) is 24.3 Å². The van der Waals surface area contributed by atoms with E-state index in [0.29, 0.717) is 5.75 Å². The molecule has 3 rings (SSSR count). The summed E-state index contributed by atoms with van der Waals surface area (Å²) in [7, 11) is 0. The van der Waals surface area contributed by atoms with E-state index in [-0.39, 0.29) is 12.5 Å². The highest BCUT2D eigenvalue weighted by molar-refractivity contribution is 8.01. The molecule has 0 radical (unpaired) electrons. The Kier molecular flexibility index (Phi) is 4.42. The molecule has 3 N–H and O–H groups in total. The third-order valence-electron chi connectivity index (χ3n) is 4.04. The molecule has 120 valence electrons. The summed E-state index contributed by atoms with van der Waals surface area (Å²) in [4.78, 5) is 13.9. The average molecular weight is 325 g/mol. The summed E-state index contributed by atoms with van der Waals surface area (Å²) in [6, 6.07) is 7.55. The Morgan fingerprint density at radius 2 is 2.14 bits per heavy atom. The molecular formula is C15H19NO5S. The third kappa shape index (κ3) is 2.63. The average Bonchev–Trinajstić information content (AvgIpc) is 3.01. The molecule has 22 heavy (non-hydrogen) atoms. The van der Waals surface area contributed by atoms with Crippen LogP contribution in [0.25, 0.3) is 0 Å². The van der Waals surface area contributed by atoms with Crippen molar-refractivity contribution in [3.05, 3.63) is 29.8 Å². The van der Waals surface area contributed by atoms with Crippen molar-refractivity contribution in [2.75, 3.05) is 17.3 Å². The van der Waals surface area contributed by atoms with Gasteiger partial charge >= 0.3 is 0 Å². The first-order valence-electron chi connectivity index (χ1n) is 7.15. The SMILES string of the molecule is Cc1cccc(N2C(=O)CS[C@H]2[C@H]2O[C@H](CO)[C@@H](O)[C@@H]2O)c1. The van der Waals surface area contributed by atoms with Gasteiger partial charge in [-0.3, -0.25) is 9.69 Å². The maximum Gasteiger partial charge on any atom is 0.238 e. The number of hydrogen-bond acceptors (Lipinski definition) is 6. The lowest BCUT2D eigenvalue weighted by molar-refractivity contribution is -0.116. The van der Waals surface area contributed by atoms with Gasteiger partial charge in [0.15, 0.2) is 0 Å². The number of anilines is 1. The number of aliphatic hydroxyl groups excluding tert-OH is 3. The smallest absolute Gasteiger partial charge is 0.238 e. The molecular weight excluding hydrogens is 306 g/mol. The minimum absolute atomic E-state index is 0.0571. The number of aliphatic hydroxyl groups is 3. The van der Waals surface area contributed by atoms with E-state index in [4.69, 9.17) is 4.74 Å². The van der Waals surface area contributed by atoms with Crippen LogP contribution in [0.3, 0.4) is 0 Å². The number of ether oxygens (including phenoxy) is 1. The topological polar surface area (TPSA) is 90.2 Å². The van der Waals surface area contributed by atoms with Gasteiger partial charge in [-0.05, 0) is 24.6 Å². The van der Waals surface area contributed by atoms with Crippen LogP contribution < -0.4 is 4.90 Å². The van der Waals surface area contributed by atoms with E-state index >= 15 is 0 Å². The van der Waals surface area contributed by atoms with Crippen LogP contribution in [0.2, 0.25) is 0 Å². The van der Waals surface area contributed by atoms with Gasteiger partial charge in [0.1, 0.15) is 29.8 Å². The Balaban J connectivity index is 1.88. The second kappa shape index (κ2) is 6.17. The van der Waals surface area contributed by atoms with E-state index < -0.39 is 29.8 Å². The molecule has 2 aliphatic heterocycles. The van der Waals surface area contributed by atoms with Crippen LogP contribution in [0, 0.1) is 6.92 Å². The van der Waals surface area contributed by atoms with Crippen molar-refractivity contribution in [1.82, 2.24) is 0 Å². The number of rotatable bonds is 3. The molecule has 0 bridgehead atoms. The Labute approximate surface area is 132 Å². The van der Waals surface area contributed by atoms with E-state index in [1.807, 2.05) is 31.2 Å². The Hall–Kier alpha value is -1.12. The molecule has 5 atom stereocenters. The first-order valence-corrected chi connectivity index (χ1v) is 8.20. The summed E-state index contributed by atoms with van der Waals surface area (Å²) in [6.45, 7) is 1.57. The van der Waals surface area contributed by atoms with E-state index in [1.54, 1.807) is 4.90 Å². The quantitative estimate of drug-likeness (QED) is 0.718. The minimum Gasteiger partial charge on any atom is -0.394 e. The second-order valence-electron chi connectivity index (χ2n) is 5.61. The van der Waals surface area contributed by atoms with Gasteiger partial charge < -0.3 is 20.1 Å². The summed E-state index contributed by atoms with van der Waals surface area (Å²) in [6.07, 6.45) is -3.83. The van der Waals surface area contributed by atoms with Gasteiger partial charge in [-0.2, -0.15) is 0 Å². The summed E-state index contributed by atoms with van der Waals surface area (Å²) >= 11 is 1.37. The van der Waals surface area contributed by atoms with Crippen molar-refractivity contribution in [2.45, 2.75) is 36.7 Å². The fourth-order valence-electron chi connectivity index (χ4n) is 2.92. The highest BCUT2D eigenvalue weighted by Crippen LogP contribution is 2.38. The summed E-state index contributed by atoms with van der Waals surface area (Å²) in [5.41, 5.74) is 1.78. The Bertz CT molecular complexity index is 569. The lowest BCUT2D eigenvalue weighted by Crippen LogP contribution is -2.46. The van der Waals surface area contributed by atoms with Crippen LogP contribution >= 0.6 is 11.8 Å². The molecule has 2 saturated heterocycles. The van der Waals surface area contributed by atoms with Crippen LogP contribution in [0.4, 0.5) is 5.69 Å². The molecule has 1 amide bonds. The zero-order valence-electron chi connectivity index (χ0n) is 12.1. The van der Waals surface area contributed by atoms with Gasteiger partial charge in [0.05, 0.1) is 12.4 Å². The van der Waals surface area contributed by atoms with Gasteiger partial charge in [0.25, 0.3) is 0 Å². The first-order chi connectivity index (χ1) is 10.5. The van der Waals surface area contributed by atoms with Crippen LogP contribution in [-0.2, 0) is 9.53 Å². The maximum absolute atomic E-state index is 12.2. The maximum atomic E-state index is 12.2. The molecule has 1 aromatic carbocycles. The van der Waals surface area contributed by atoms with E-state index in [9.17, 15) is 20.1 Å². The Morgan fingerprint density at radius 1 is 1.36 bits per heavy atom. The Morgan fingerprint density at radius 3 is 2.77 bits per heavy atom. The van der Waals surface area contributed by atoms with Gasteiger partial charge in [-0.1, -0.05) is 12.1 Å². The lowest BCUT2D eigenvalue weighted by atomic mass is 10.1. The molecule has 0 saturated carbocycles. The minimum atomic E-state index is -1.15. The van der Waals surface area contributed by atoms with Crippen molar-refractivity contribution in [1.29, 1.82) is 0 Å². The fraction of sp³-hybridized carbons (Fsp3) is 0.533. The highest BCUT2D eigenvalue weighted by atomic mass is 32.2. The van der Waals surface area contributed by atoms with Crippen molar-refractivity contribution < 1.29 is 24.9 Å². The molecule has 6 nitrogen and oxygen atoms in total. The number of carbonyl (C=O) groups excluding carboxylic acids is 1. The zero-order chi connectivity index (χ0) is 15.9. The predicted octanol–water partition coefficient (Wildman–Crippen LogP) is -0.118. The monoisotopic (exact) mass is 325 g/mol. The largest absolute Gasteiger partial charge is 0.394 e. The zero-order valence-corrected chi connectivity index (χ0v) is 12.9. The van der Waals surface area contributed by atoms with Crippen LogP contribution in [0.1, 0.15) is 5.56 Å². The summed E-state index contributed by atoms with van der Waals surface area (Å²) in [5, 5.41) is 28.9. The number of benzene rings is 1. The summed E-state index contributed by atoms with van der Waals surface area (Å²) in [5.74, 6) is 0.240. The second-order valence-corrected chi connectivity index (χ2v) is 6.71. The van der Waals surface area contributed by atoms with Gasteiger partial charge in [0, 0.05) is 5.69 Å². The molecule has 2 heterocycles. The fourth-order valence-corrected chi connectivity index (χ4v) is 4.17. The third-order valence-corrected chi connectivity index (χ3v) is 5.28. The first kappa shape index (κ1) is 15.8. The molecule has 2 aliphatic rings. The normalized spacial score (nSPS) is 35.4. The number of hydrogen-bond donors (Lipinski definition) is 3. The standard InChI is InChI=1S/C15H19NO5S/c1-8-3-2-4-9(5-8)16-11(18)7-22-15(16)14-13(20)12(19)10(6-17)21-14/h2-5,10,12-15,17,19-20H,6-7H2,1H3/t10-,12-,13+,14+,15+/m1/s1. The number of aryl methyl sites for hydroxylation is 1. The van der Waals surface area contributed by atoms with E-state index in [2.05, 4.69) is 0 Å². The molecule has 0 aliphatic carbocycles. The molecule has 0 unspecified atom stereocenters. The van der Waals surface area contributed by atoms with E-state index in [0.717, 1.165) is 11.3 Å². The number of thioether (sulfide) groups is 1.